The zero-order chi connectivity index (χ0) is 56.9. The van der Waals surface area contributed by atoms with Crippen LogP contribution in [0.3, 0.4) is 0 Å². The first-order valence-corrected chi connectivity index (χ1v) is 29.2. The van der Waals surface area contributed by atoms with Crippen molar-refractivity contribution in [1.29, 1.82) is 0 Å². The molecule has 16 aromatic rings. The van der Waals surface area contributed by atoms with E-state index >= 15 is 0 Å². The Bertz CT molecular complexity index is 5010. The van der Waals surface area contributed by atoms with Gasteiger partial charge in [-0.05, 0) is 144 Å². The van der Waals surface area contributed by atoms with Crippen molar-refractivity contribution in [3.8, 4) is 56.1 Å². The minimum absolute atomic E-state index is 0.799. The number of fused-ring (bicyclic) bond motifs is 7. The fourth-order valence-electron chi connectivity index (χ4n) is 12.7. The number of para-hydroxylation sites is 7. The molecular formula is C80H54N6. The summed E-state index contributed by atoms with van der Waals surface area (Å²) in [4.78, 5) is 15.9. The largest absolute Gasteiger partial charge is 0.311 e. The van der Waals surface area contributed by atoms with Gasteiger partial charge in [0, 0.05) is 83.7 Å². The van der Waals surface area contributed by atoms with Crippen molar-refractivity contribution in [2.75, 3.05) is 9.80 Å². The molecule has 3 aromatic heterocycles. The Kier molecular flexibility index (Phi) is 12.4. The fourth-order valence-corrected chi connectivity index (χ4v) is 12.7. The van der Waals surface area contributed by atoms with E-state index < -0.39 is 0 Å². The van der Waals surface area contributed by atoms with Gasteiger partial charge in [-0.25, -0.2) is 9.97 Å². The molecule has 0 aliphatic heterocycles. The van der Waals surface area contributed by atoms with Crippen LogP contribution in [0.5, 0.6) is 0 Å². The Morgan fingerprint density at radius 1 is 0.221 bits per heavy atom. The second-order valence-electron chi connectivity index (χ2n) is 21.7. The minimum atomic E-state index is 0.799. The minimum Gasteiger partial charge on any atom is -0.311 e. The third-order valence-corrected chi connectivity index (χ3v) is 16.7. The van der Waals surface area contributed by atoms with Crippen LogP contribution >= 0.6 is 0 Å². The molecule has 13 aromatic carbocycles. The third-order valence-electron chi connectivity index (χ3n) is 16.7. The molecule has 0 radical (unpaired) electrons. The van der Waals surface area contributed by atoms with Gasteiger partial charge >= 0.3 is 0 Å². The van der Waals surface area contributed by atoms with E-state index in [0.29, 0.717) is 0 Å². The van der Waals surface area contributed by atoms with Crippen molar-refractivity contribution < 1.29 is 0 Å². The number of anilines is 6. The molecule has 16 rings (SSSR count). The summed E-state index contributed by atoms with van der Waals surface area (Å²) in [6, 6.07) is 117. The molecule has 0 fully saturated rings. The maximum Gasteiger partial charge on any atom is 0.0973 e. The van der Waals surface area contributed by atoms with Crippen molar-refractivity contribution in [3.63, 3.8) is 0 Å². The lowest BCUT2D eigenvalue weighted by atomic mass is 9.98. The number of rotatable bonds is 12. The monoisotopic (exact) mass is 1100 g/mol. The molecule has 0 saturated heterocycles. The first-order valence-electron chi connectivity index (χ1n) is 29.2. The second-order valence-corrected chi connectivity index (χ2v) is 21.7. The third kappa shape index (κ3) is 8.83. The highest BCUT2D eigenvalue weighted by molar-refractivity contribution is 6.10. The zero-order valence-corrected chi connectivity index (χ0v) is 46.9. The molecule has 3 heterocycles. The van der Waals surface area contributed by atoms with Gasteiger partial charge in [0.1, 0.15) is 0 Å². The molecule has 0 spiro atoms. The molecule has 0 bridgehead atoms. The molecule has 0 saturated carbocycles. The average molecular weight is 1100 g/mol. The van der Waals surface area contributed by atoms with Crippen LogP contribution in [-0.4, -0.2) is 19.1 Å². The summed E-state index contributed by atoms with van der Waals surface area (Å²) in [5, 5.41) is 4.97. The summed E-state index contributed by atoms with van der Waals surface area (Å²) in [7, 11) is 0. The van der Waals surface area contributed by atoms with Crippen LogP contribution in [0.4, 0.5) is 34.1 Å². The van der Waals surface area contributed by atoms with E-state index in [1.807, 2.05) is 0 Å². The first kappa shape index (κ1) is 50.2. The van der Waals surface area contributed by atoms with Gasteiger partial charge in [-0.3, -0.25) is 0 Å². The van der Waals surface area contributed by atoms with E-state index in [1.54, 1.807) is 0 Å². The Morgan fingerprint density at radius 3 is 0.953 bits per heavy atom. The molecule has 6 heteroatoms. The predicted molar refractivity (Wildman–Crippen MR) is 359 cm³/mol. The molecular weight excluding hydrogens is 1040 g/mol. The highest BCUT2D eigenvalue weighted by Crippen LogP contribution is 2.43. The fraction of sp³-hybridized carbons (Fsp3) is 0. The molecule has 0 amide bonds. The van der Waals surface area contributed by atoms with E-state index in [1.165, 1.54) is 49.2 Å². The Labute approximate surface area is 498 Å². The molecule has 86 heavy (non-hydrogen) atoms. The molecule has 0 unspecified atom stereocenters. The molecule has 0 aliphatic rings. The lowest BCUT2D eigenvalue weighted by Crippen LogP contribution is -2.10. The lowest BCUT2D eigenvalue weighted by Gasteiger charge is -2.26. The topological polar surface area (TPSA) is 42.1 Å². The number of aromatic nitrogens is 4. The lowest BCUT2D eigenvalue weighted by molar-refractivity contribution is 1.17. The van der Waals surface area contributed by atoms with Crippen molar-refractivity contribution in [2.45, 2.75) is 0 Å². The van der Waals surface area contributed by atoms with Crippen molar-refractivity contribution in [2.24, 2.45) is 0 Å². The summed E-state index contributed by atoms with van der Waals surface area (Å²) in [6.45, 7) is 0. The number of hydrogen-bond donors (Lipinski definition) is 0. The van der Waals surface area contributed by atoms with E-state index in [-0.39, 0.29) is 0 Å². The summed E-state index contributed by atoms with van der Waals surface area (Å²) in [5.41, 5.74) is 22.8. The second kappa shape index (κ2) is 21.3. The van der Waals surface area contributed by atoms with Crippen LogP contribution in [0.2, 0.25) is 0 Å². The quantitative estimate of drug-likeness (QED) is 0.122. The van der Waals surface area contributed by atoms with Gasteiger partial charge < -0.3 is 18.9 Å². The average Bonchev–Trinajstić information content (AvgIpc) is 1.91. The normalized spacial score (nSPS) is 11.5. The molecule has 0 atom stereocenters. The van der Waals surface area contributed by atoms with Gasteiger partial charge in [0.15, 0.2) is 0 Å². The SMILES string of the molecule is c1ccc(-c2ccc(-c3cccc4nc(-c5ccc(N(c6ccccc6)c6ccc(-n7c8ccccc8c8ccccc87)cc6)cc5)c(-c5ccc(N(c6ccccc6)c6ccc(-n7c8ccccc8c8ccccc87)cc6)cc5)nc34)cc2)cc1. The molecule has 0 aliphatic carbocycles. The first-order chi connectivity index (χ1) is 42.7. The summed E-state index contributed by atoms with van der Waals surface area (Å²) in [6.07, 6.45) is 0. The zero-order valence-electron chi connectivity index (χ0n) is 46.9. The Morgan fingerprint density at radius 2 is 0.535 bits per heavy atom. The Balaban J connectivity index is 0.791. The molecule has 404 valence electrons. The van der Waals surface area contributed by atoms with E-state index in [4.69, 9.17) is 9.97 Å². The van der Waals surface area contributed by atoms with Crippen molar-refractivity contribution in [3.05, 3.63) is 328 Å². The highest BCUT2D eigenvalue weighted by Gasteiger charge is 2.21. The number of nitrogens with zero attached hydrogens (tertiary/aromatic N) is 6. The smallest absolute Gasteiger partial charge is 0.0973 e. The van der Waals surface area contributed by atoms with Crippen LogP contribution in [-0.2, 0) is 0 Å². The van der Waals surface area contributed by atoms with Crippen LogP contribution in [0, 0.1) is 0 Å². The van der Waals surface area contributed by atoms with Gasteiger partial charge in [-0.1, -0.05) is 200 Å². The van der Waals surface area contributed by atoms with Gasteiger partial charge in [-0.15, -0.1) is 0 Å². The van der Waals surface area contributed by atoms with Gasteiger partial charge in [-0.2, -0.15) is 0 Å². The van der Waals surface area contributed by atoms with Gasteiger partial charge in [0.25, 0.3) is 0 Å². The molecule has 6 nitrogen and oxygen atoms in total. The summed E-state index contributed by atoms with van der Waals surface area (Å²) < 4.78 is 4.73. The predicted octanol–water partition coefficient (Wildman–Crippen LogP) is 21.4. The van der Waals surface area contributed by atoms with E-state index in [2.05, 4.69) is 347 Å². The maximum atomic E-state index is 5.68. The van der Waals surface area contributed by atoms with E-state index in [9.17, 15) is 0 Å². The van der Waals surface area contributed by atoms with Crippen LogP contribution in [0.25, 0.3) is 111 Å². The summed E-state index contributed by atoms with van der Waals surface area (Å²) >= 11 is 0. The maximum absolute atomic E-state index is 5.68. The van der Waals surface area contributed by atoms with Crippen molar-refractivity contribution >= 4 is 88.8 Å². The Hall–Kier alpha value is -11.6. The van der Waals surface area contributed by atoms with Gasteiger partial charge in [0.05, 0.1) is 44.5 Å². The molecule has 0 N–H and O–H groups in total. The highest BCUT2D eigenvalue weighted by atomic mass is 15.1. The van der Waals surface area contributed by atoms with Crippen molar-refractivity contribution in [1.82, 2.24) is 19.1 Å². The van der Waals surface area contributed by atoms with Gasteiger partial charge in [0.2, 0.25) is 0 Å². The number of benzene rings is 13. The number of hydrogen-bond acceptors (Lipinski definition) is 4. The van der Waals surface area contributed by atoms with E-state index in [0.717, 1.165) is 95.7 Å². The van der Waals surface area contributed by atoms with Crippen LogP contribution in [0.15, 0.2) is 328 Å². The van der Waals surface area contributed by atoms with Crippen LogP contribution < -0.4 is 9.80 Å². The summed E-state index contributed by atoms with van der Waals surface area (Å²) in [5.74, 6) is 0. The van der Waals surface area contributed by atoms with Crippen LogP contribution in [0.1, 0.15) is 0 Å². The standard InChI is InChI=1S/C80H54N6/c1-4-19-55(20-5-1)56-35-37-57(38-36-56)68-29-18-30-73-80(68)82-79(59-41-45-63(46-42-59)84(61-23-8-3-9-24-61)65-49-53-67(54-50-65)86-76-33-16-12-27-71(76)72-28-13-17-34-77(72)86)78(81-73)58-39-43-62(44-40-58)83(60-21-6-2-7-22-60)64-47-51-66(52-48-64)85-74-31-14-10-25-69(74)70-26-11-15-32-75(70)85/h1-54H.